The van der Waals surface area contributed by atoms with Crippen molar-refractivity contribution in [3.05, 3.63) is 101 Å². The Labute approximate surface area is 275 Å². The van der Waals surface area contributed by atoms with E-state index in [0.29, 0.717) is 35.6 Å². The van der Waals surface area contributed by atoms with Crippen molar-refractivity contribution in [2.24, 2.45) is 11.8 Å². The molecule has 48 heavy (non-hydrogen) atoms. The van der Waals surface area contributed by atoms with Gasteiger partial charge in [0.1, 0.15) is 35.3 Å². The molecule has 4 heterocycles. The van der Waals surface area contributed by atoms with Gasteiger partial charge in [0, 0.05) is 43.4 Å². The van der Waals surface area contributed by atoms with Crippen LogP contribution in [-0.4, -0.2) is 62.3 Å². The Bertz CT molecular complexity index is 2060. The number of imidazole rings is 2. The molecule has 0 radical (unpaired) electrons. The second-order valence-electron chi connectivity index (χ2n) is 12.1. The maximum Gasteiger partial charge on any atom is 0.338 e. The third-order valence-electron chi connectivity index (χ3n) is 9.35. The van der Waals surface area contributed by atoms with Crippen LogP contribution in [0.25, 0.3) is 11.0 Å². The summed E-state index contributed by atoms with van der Waals surface area (Å²) in [5.74, 6) is 0.505. The van der Waals surface area contributed by atoms with Gasteiger partial charge in [0.15, 0.2) is 0 Å². The fraction of sp³-hybridized carbons (Fsp3) is 0.343. The zero-order chi connectivity index (χ0) is 33.5. The predicted molar refractivity (Wildman–Crippen MR) is 169 cm³/mol. The lowest BCUT2D eigenvalue weighted by Gasteiger charge is -2.20. The first-order valence-electron chi connectivity index (χ1n) is 15.7. The van der Waals surface area contributed by atoms with Gasteiger partial charge in [-0.05, 0) is 49.1 Å². The third-order valence-corrected chi connectivity index (χ3v) is 9.35. The van der Waals surface area contributed by atoms with Crippen LogP contribution in [0.1, 0.15) is 51.5 Å². The molecule has 2 aromatic carbocycles. The Morgan fingerprint density at radius 2 is 1.85 bits per heavy atom. The standard InChI is InChI=1S/C35H33F2N7O4/c1-4-43-19-39-13-23(43)14-44-28-10-22(35(45)47-3)11-29(46-2)34(28)40-30(44)17-42-15-24-25(16-42)32(24)33-26(36)7-8-31(41-33)48-18-21-6-5-20(12-38)9-27(21)37/h5-11,13,19,24-25,32H,4,14-18H2,1-3H3/t24-,25+,32-. The van der Waals surface area contributed by atoms with Crippen molar-refractivity contribution in [3.8, 4) is 17.7 Å². The summed E-state index contributed by atoms with van der Waals surface area (Å²) in [5, 5.41) is 8.97. The molecule has 2 aliphatic rings. The van der Waals surface area contributed by atoms with Gasteiger partial charge in [-0.2, -0.15) is 5.26 Å². The highest BCUT2D eigenvalue weighted by atomic mass is 19.1. The molecule has 0 amide bonds. The minimum absolute atomic E-state index is 0.0446. The summed E-state index contributed by atoms with van der Waals surface area (Å²) >= 11 is 0. The second-order valence-corrected chi connectivity index (χ2v) is 12.1. The van der Waals surface area contributed by atoms with Crippen LogP contribution in [0.15, 0.2) is 55.0 Å². The summed E-state index contributed by atoms with van der Waals surface area (Å²) < 4.78 is 49.9. The quantitative estimate of drug-likeness (QED) is 0.180. The normalized spacial score (nSPS) is 18.5. The maximum absolute atomic E-state index is 15.0. The van der Waals surface area contributed by atoms with Crippen LogP contribution < -0.4 is 9.47 Å². The molecule has 0 spiro atoms. The van der Waals surface area contributed by atoms with Gasteiger partial charge in [0.25, 0.3) is 0 Å². The number of hydrogen-bond acceptors (Lipinski definition) is 9. The molecule has 3 atom stereocenters. The third kappa shape index (κ3) is 5.73. The van der Waals surface area contributed by atoms with E-state index >= 15 is 4.39 Å². The van der Waals surface area contributed by atoms with Gasteiger partial charge < -0.3 is 23.3 Å². The summed E-state index contributed by atoms with van der Waals surface area (Å²) in [6, 6.07) is 12.3. The second kappa shape index (κ2) is 12.7. The SMILES string of the molecule is CCn1cncc1Cn1c(CN2C[C@@H]3[C@H](C2)[C@@H]3c2nc(OCc3ccc(C#N)cc3F)ccc2F)nc2c(OC)cc(C(=O)OC)cc21. The average molecular weight is 654 g/mol. The van der Waals surface area contributed by atoms with E-state index in [1.54, 1.807) is 25.6 Å². The first-order valence-corrected chi connectivity index (χ1v) is 15.7. The number of likely N-dealkylation sites (tertiary alicyclic amines) is 1. The van der Waals surface area contributed by atoms with Gasteiger partial charge in [-0.25, -0.2) is 28.5 Å². The molecule has 1 aliphatic carbocycles. The van der Waals surface area contributed by atoms with Crippen LogP contribution in [0, 0.1) is 34.8 Å². The highest BCUT2D eigenvalue weighted by molar-refractivity contribution is 5.96. The van der Waals surface area contributed by atoms with Crippen LogP contribution in [-0.2, 0) is 31.0 Å². The van der Waals surface area contributed by atoms with E-state index in [1.807, 2.05) is 12.3 Å². The van der Waals surface area contributed by atoms with Crippen LogP contribution in [0.4, 0.5) is 8.78 Å². The predicted octanol–water partition coefficient (Wildman–Crippen LogP) is 5.07. The van der Waals surface area contributed by atoms with Gasteiger partial charge >= 0.3 is 5.97 Å². The molecule has 2 fully saturated rings. The van der Waals surface area contributed by atoms with Crippen molar-refractivity contribution in [3.63, 3.8) is 0 Å². The Kier molecular flexibility index (Phi) is 8.26. The van der Waals surface area contributed by atoms with Crippen molar-refractivity contribution in [1.82, 2.24) is 29.0 Å². The number of pyridine rings is 1. The minimum atomic E-state index is -0.542. The molecule has 5 aromatic rings. The molecule has 1 saturated heterocycles. The monoisotopic (exact) mass is 653 g/mol. The number of hydrogen-bond donors (Lipinski definition) is 0. The lowest BCUT2D eigenvalue weighted by molar-refractivity contribution is 0.0600. The fourth-order valence-corrected chi connectivity index (χ4v) is 6.84. The Morgan fingerprint density at radius 1 is 1.04 bits per heavy atom. The van der Waals surface area contributed by atoms with Crippen molar-refractivity contribution in [1.29, 1.82) is 5.26 Å². The van der Waals surface area contributed by atoms with Crippen LogP contribution in [0.5, 0.6) is 11.6 Å². The highest BCUT2D eigenvalue weighted by Crippen LogP contribution is 2.58. The Balaban J connectivity index is 1.09. The molecular formula is C35H33F2N7O4. The molecule has 1 saturated carbocycles. The number of benzene rings is 2. The number of piperidine rings is 1. The molecule has 13 heteroatoms. The van der Waals surface area contributed by atoms with E-state index in [9.17, 15) is 9.18 Å². The number of nitrogens with zero attached hydrogens (tertiary/aromatic N) is 7. The van der Waals surface area contributed by atoms with Crippen molar-refractivity contribution < 1.29 is 27.8 Å². The number of methoxy groups -OCH3 is 2. The zero-order valence-electron chi connectivity index (χ0n) is 26.7. The summed E-state index contributed by atoms with van der Waals surface area (Å²) in [4.78, 5) is 28.6. The number of aromatic nitrogens is 5. The van der Waals surface area contributed by atoms with Gasteiger partial charge in [-0.1, -0.05) is 6.07 Å². The molecule has 11 nitrogen and oxygen atoms in total. The molecule has 0 unspecified atom stereocenters. The van der Waals surface area contributed by atoms with Gasteiger partial charge in [-0.15, -0.1) is 0 Å². The Morgan fingerprint density at radius 3 is 2.56 bits per heavy atom. The van der Waals surface area contributed by atoms with Crippen LogP contribution >= 0.6 is 0 Å². The van der Waals surface area contributed by atoms with Gasteiger partial charge in [0.05, 0.1) is 67.7 Å². The van der Waals surface area contributed by atoms with E-state index in [4.69, 9.17) is 24.5 Å². The van der Waals surface area contributed by atoms with E-state index < -0.39 is 11.8 Å². The van der Waals surface area contributed by atoms with E-state index in [2.05, 4.69) is 30.9 Å². The largest absolute Gasteiger partial charge is 0.494 e. The van der Waals surface area contributed by atoms with Crippen LogP contribution in [0.3, 0.4) is 0 Å². The Hall–Kier alpha value is -5.35. The average Bonchev–Trinajstić information content (AvgIpc) is 3.44. The van der Waals surface area contributed by atoms with E-state index in [0.717, 1.165) is 42.7 Å². The molecule has 7 rings (SSSR count). The van der Waals surface area contributed by atoms with Crippen molar-refractivity contribution in [2.45, 2.75) is 39.1 Å². The number of rotatable bonds is 11. The molecule has 3 aromatic heterocycles. The minimum Gasteiger partial charge on any atom is -0.494 e. The van der Waals surface area contributed by atoms with Crippen molar-refractivity contribution in [2.75, 3.05) is 27.3 Å². The maximum atomic E-state index is 15.0. The number of fused-ring (bicyclic) bond motifs is 2. The topological polar surface area (TPSA) is 120 Å². The fourth-order valence-electron chi connectivity index (χ4n) is 6.84. The molecule has 0 bridgehead atoms. The summed E-state index contributed by atoms with van der Waals surface area (Å²) in [5.41, 5.74) is 3.63. The van der Waals surface area contributed by atoms with E-state index in [1.165, 1.54) is 31.4 Å². The van der Waals surface area contributed by atoms with Gasteiger partial charge in [-0.3, -0.25) is 4.90 Å². The molecular weight excluding hydrogens is 620 g/mol. The highest BCUT2D eigenvalue weighted by Gasteiger charge is 2.57. The number of ether oxygens (including phenoxy) is 3. The first-order chi connectivity index (χ1) is 23.3. The van der Waals surface area contributed by atoms with Gasteiger partial charge in [0.2, 0.25) is 5.88 Å². The smallest absolute Gasteiger partial charge is 0.338 e. The molecule has 246 valence electrons. The van der Waals surface area contributed by atoms with Crippen LogP contribution in [0.2, 0.25) is 0 Å². The first kappa shape index (κ1) is 31.3. The lowest BCUT2D eigenvalue weighted by Crippen LogP contribution is -2.26. The lowest BCUT2D eigenvalue weighted by atomic mass is 10.1. The summed E-state index contributed by atoms with van der Waals surface area (Å²) in [6.07, 6.45) is 3.62. The van der Waals surface area contributed by atoms with Crippen molar-refractivity contribution >= 4 is 17.0 Å². The number of nitriles is 1. The number of carbonyl (C=O) groups is 1. The molecule has 0 N–H and O–H groups in total. The van der Waals surface area contributed by atoms with E-state index in [-0.39, 0.29) is 47.2 Å². The zero-order valence-corrected chi connectivity index (χ0v) is 26.7. The number of carbonyl (C=O) groups excluding carboxylic acids is 1. The number of esters is 1. The molecule has 1 aliphatic heterocycles. The number of halogens is 2. The number of aryl methyl sites for hydroxylation is 1. The summed E-state index contributed by atoms with van der Waals surface area (Å²) in [6.45, 7) is 5.22. The summed E-state index contributed by atoms with van der Waals surface area (Å²) in [7, 11) is 2.89.